The summed E-state index contributed by atoms with van der Waals surface area (Å²) in [5.41, 5.74) is 7.76. The Morgan fingerprint density at radius 3 is 1.31 bits per heavy atom. The average Bonchev–Trinajstić information content (AvgIpc) is 4.17. The molecule has 2 saturated heterocycles. The molecule has 6 aromatic rings. The number of likely N-dealkylation sites (N-methyl/N-ethyl adjacent to an activating group) is 2. The van der Waals surface area contributed by atoms with E-state index in [1.807, 2.05) is 82.9 Å². The summed E-state index contributed by atoms with van der Waals surface area (Å²) in [5, 5.41) is 0. The SMILES string of the molecule is CCN(CC)[C@@H](C(=O)N1CCC[C@H]1c1ncc(-c2ccc(C#Cc3ccc(-c4cnc([C@@H]5CCCN5C(=O)[C@@H](c5ccccc5)N(CC)CC)[nH]4)cc3)cc2)[nH]1)c1ccccc1. The Bertz CT molecular complexity index is 2290. The molecule has 0 radical (unpaired) electrons. The van der Waals surface area contributed by atoms with Gasteiger partial charge in [-0.2, -0.15) is 0 Å². The van der Waals surface area contributed by atoms with E-state index in [4.69, 9.17) is 9.97 Å². The molecule has 0 unspecified atom stereocenters. The average molecular weight is 827 g/mol. The predicted molar refractivity (Wildman–Crippen MR) is 246 cm³/mol. The van der Waals surface area contributed by atoms with E-state index in [2.05, 4.69) is 108 Å². The molecule has 4 aromatic carbocycles. The first-order chi connectivity index (χ1) is 30.4. The lowest BCUT2D eigenvalue weighted by molar-refractivity contribution is -0.139. The molecule has 2 amide bonds. The Labute approximate surface area is 366 Å². The number of aromatic amines is 2. The number of carbonyl (C=O) groups is 2. The summed E-state index contributed by atoms with van der Waals surface area (Å²) in [7, 11) is 0. The smallest absolute Gasteiger partial charge is 0.245 e. The monoisotopic (exact) mass is 826 g/mol. The van der Waals surface area contributed by atoms with Crippen molar-refractivity contribution in [3.8, 4) is 34.4 Å². The zero-order chi connectivity index (χ0) is 43.0. The van der Waals surface area contributed by atoms with E-state index in [1.54, 1.807) is 0 Å². The second-order valence-electron chi connectivity index (χ2n) is 16.2. The molecule has 0 aliphatic carbocycles. The summed E-state index contributed by atoms with van der Waals surface area (Å²) in [5.74, 6) is 8.57. The van der Waals surface area contributed by atoms with Gasteiger partial charge < -0.3 is 19.8 Å². The lowest BCUT2D eigenvalue weighted by atomic mass is 10.0. The molecule has 62 heavy (non-hydrogen) atoms. The van der Waals surface area contributed by atoms with Gasteiger partial charge in [0.15, 0.2) is 0 Å². The van der Waals surface area contributed by atoms with Gasteiger partial charge >= 0.3 is 0 Å². The lowest BCUT2D eigenvalue weighted by Crippen LogP contribution is -2.43. The van der Waals surface area contributed by atoms with Crippen molar-refractivity contribution in [1.82, 2.24) is 39.5 Å². The van der Waals surface area contributed by atoms with Crippen molar-refractivity contribution in [3.05, 3.63) is 155 Å². The maximum atomic E-state index is 14.2. The number of carbonyl (C=O) groups excluding carboxylic acids is 2. The Kier molecular flexibility index (Phi) is 13.4. The van der Waals surface area contributed by atoms with Gasteiger partial charge in [-0.3, -0.25) is 19.4 Å². The number of amides is 2. The van der Waals surface area contributed by atoms with Crippen molar-refractivity contribution in [2.75, 3.05) is 39.3 Å². The van der Waals surface area contributed by atoms with Crippen LogP contribution in [0.5, 0.6) is 0 Å². The fourth-order valence-corrected chi connectivity index (χ4v) is 9.33. The highest BCUT2D eigenvalue weighted by atomic mass is 16.2. The van der Waals surface area contributed by atoms with Gasteiger partial charge in [0.05, 0.1) is 35.9 Å². The maximum Gasteiger partial charge on any atom is 0.245 e. The number of nitrogens with zero attached hydrogens (tertiary/aromatic N) is 6. The van der Waals surface area contributed by atoms with E-state index in [0.717, 1.165) is 121 Å². The molecule has 0 saturated carbocycles. The number of hydrogen-bond donors (Lipinski definition) is 2. The second-order valence-corrected chi connectivity index (χ2v) is 16.2. The molecule has 8 rings (SSSR count). The molecule has 2 aliphatic rings. The first-order valence-corrected chi connectivity index (χ1v) is 22.4. The fraction of sp³-hybridized carbons (Fsp3) is 0.346. The van der Waals surface area contributed by atoms with Crippen LogP contribution in [0.3, 0.4) is 0 Å². The van der Waals surface area contributed by atoms with E-state index in [0.29, 0.717) is 0 Å². The number of nitrogens with one attached hydrogen (secondary N) is 2. The molecule has 2 N–H and O–H groups in total. The van der Waals surface area contributed by atoms with Crippen LogP contribution in [0.4, 0.5) is 0 Å². The van der Waals surface area contributed by atoms with Gasteiger partial charge in [-0.25, -0.2) is 9.97 Å². The van der Waals surface area contributed by atoms with Gasteiger partial charge in [0.2, 0.25) is 11.8 Å². The predicted octanol–water partition coefficient (Wildman–Crippen LogP) is 9.36. The third-order valence-electron chi connectivity index (χ3n) is 12.7. The topological polar surface area (TPSA) is 104 Å². The molecule has 2 aliphatic heterocycles. The third-order valence-corrected chi connectivity index (χ3v) is 12.7. The Morgan fingerprint density at radius 2 is 0.952 bits per heavy atom. The summed E-state index contributed by atoms with van der Waals surface area (Å²) in [6.07, 6.45) is 7.40. The highest BCUT2D eigenvalue weighted by Crippen LogP contribution is 2.37. The number of imidazole rings is 2. The van der Waals surface area contributed by atoms with Gasteiger partial charge in [0, 0.05) is 24.2 Å². The highest BCUT2D eigenvalue weighted by molar-refractivity contribution is 5.85. The van der Waals surface area contributed by atoms with Crippen molar-refractivity contribution in [2.24, 2.45) is 0 Å². The van der Waals surface area contributed by atoms with Gasteiger partial charge in [0.1, 0.15) is 23.7 Å². The van der Waals surface area contributed by atoms with Crippen LogP contribution in [0.15, 0.2) is 122 Å². The number of likely N-dealkylation sites (tertiary alicyclic amines) is 2. The van der Waals surface area contributed by atoms with Gasteiger partial charge in [-0.05, 0) is 98.4 Å². The van der Waals surface area contributed by atoms with Crippen LogP contribution in [-0.4, -0.2) is 90.6 Å². The summed E-state index contributed by atoms with van der Waals surface area (Å²) >= 11 is 0. The molecular formula is C52H58N8O2. The zero-order valence-corrected chi connectivity index (χ0v) is 36.4. The first kappa shape index (κ1) is 42.4. The van der Waals surface area contributed by atoms with E-state index in [9.17, 15) is 9.59 Å². The third kappa shape index (κ3) is 9.01. The van der Waals surface area contributed by atoms with Crippen LogP contribution < -0.4 is 0 Å². The van der Waals surface area contributed by atoms with Crippen LogP contribution in [0, 0.1) is 11.8 Å². The molecule has 0 spiro atoms. The Balaban J connectivity index is 0.908. The van der Waals surface area contributed by atoms with Crippen molar-refractivity contribution >= 4 is 11.8 Å². The minimum Gasteiger partial charge on any atom is -0.340 e. The Morgan fingerprint density at radius 1 is 0.581 bits per heavy atom. The molecule has 2 fully saturated rings. The minimum atomic E-state index is -0.318. The summed E-state index contributed by atoms with van der Waals surface area (Å²) in [6.45, 7) is 13.1. The quantitative estimate of drug-likeness (QED) is 0.106. The largest absolute Gasteiger partial charge is 0.340 e. The maximum absolute atomic E-state index is 14.2. The molecule has 2 aromatic heterocycles. The standard InChI is InChI=1S/C52H58N8O2/c1-5-57(6-2)47(41-17-11-9-12-18-41)51(61)59-33-15-21-45(59)49-53-35-43(55-49)39-29-25-37(26-30-39)23-24-38-27-31-40(32-28-38)44-36-54-50(56-44)46-22-16-34-60(46)52(62)48(58(7-3)8-4)42-19-13-10-14-20-42/h9-14,17-20,25-32,35-36,45-48H,5-8,15-16,21-22,33-34H2,1-4H3,(H,53,55)(H,54,56)/t45-,46-,47+,48+/m0/s1. The summed E-state index contributed by atoms with van der Waals surface area (Å²) in [4.78, 5) is 53.7. The van der Waals surface area contributed by atoms with Gasteiger partial charge in [0.25, 0.3) is 0 Å². The number of rotatable bonds is 14. The van der Waals surface area contributed by atoms with Crippen LogP contribution in [0.2, 0.25) is 0 Å². The van der Waals surface area contributed by atoms with E-state index in [1.165, 1.54) is 0 Å². The van der Waals surface area contributed by atoms with Crippen LogP contribution >= 0.6 is 0 Å². The van der Waals surface area contributed by atoms with Crippen LogP contribution in [-0.2, 0) is 9.59 Å². The number of H-pyrrole nitrogens is 2. The first-order valence-electron chi connectivity index (χ1n) is 22.4. The van der Waals surface area contributed by atoms with Gasteiger partial charge in [-0.1, -0.05) is 124 Å². The summed E-state index contributed by atoms with van der Waals surface area (Å²) < 4.78 is 0. The minimum absolute atomic E-state index is 0.0888. The second kappa shape index (κ2) is 19.6. The van der Waals surface area contributed by atoms with Crippen molar-refractivity contribution in [1.29, 1.82) is 0 Å². The number of benzene rings is 4. The van der Waals surface area contributed by atoms with E-state index in [-0.39, 0.29) is 36.0 Å². The molecule has 4 heterocycles. The highest BCUT2D eigenvalue weighted by Gasteiger charge is 2.39. The molecule has 0 bridgehead atoms. The van der Waals surface area contributed by atoms with Crippen molar-refractivity contribution < 1.29 is 9.59 Å². The molecule has 318 valence electrons. The molecule has 4 atom stereocenters. The summed E-state index contributed by atoms with van der Waals surface area (Å²) in [6, 6.07) is 35.8. The van der Waals surface area contributed by atoms with Crippen LogP contribution in [0.25, 0.3) is 22.5 Å². The molecule has 10 nitrogen and oxygen atoms in total. The number of hydrogen-bond acceptors (Lipinski definition) is 6. The van der Waals surface area contributed by atoms with E-state index < -0.39 is 0 Å². The fourth-order valence-electron chi connectivity index (χ4n) is 9.33. The normalized spacial score (nSPS) is 17.3. The molecular weight excluding hydrogens is 769 g/mol. The number of aromatic nitrogens is 4. The lowest BCUT2D eigenvalue weighted by Gasteiger charge is -2.34. The molecule has 10 heteroatoms. The van der Waals surface area contributed by atoms with Gasteiger partial charge in [-0.15, -0.1) is 0 Å². The van der Waals surface area contributed by atoms with Crippen molar-refractivity contribution in [2.45, 2.75) is 77.5 Å². The van der Waals surface area contributed by atoms with Crippen molar-refractivity contribution in [3.63, 3.8) is 0 Å². The van der Waals surface area contributed by atoms with E-state index >= 15 is 0 Å². The van der Waals surface area contributed by atoms with Crippen LogP contribution in [0.1, 0.15) is 111 Å². The Hall–Kier alpha value is -6.28. The zero-order valence-electron chi connectivity index (χ0n) is 36.4.